The van der Waals surface area contributed by atoms with E-state index in [1.807, 2.05) is 0 Å². The zero-order chi connectivity index (χ0) is 23.2. The van der Waals surface area contributed by atoms with Gasteiger partial charge in [0.15, 0.2) is 0 Å². The molecule has 2 aromatic carbocycles. The molecule has 1 N–H and O–H groups in total. The van der Waals surface area contributed by atoms with Crippen LogP contribution in [-0.4, -0.2) is 49.0 Å². The Balaban J connectivity index is 1.56. The standard InChI is InChI=1S/C20H17Cl2FN2O6S/c21-12-1-2-17-11(7-12)10-31-20(28)25(17)13-3-5-24(6-4-13)32(29,30)18-8-14(19(26)27)15(22)9-16(18)23/h1-2,7-9,13H,3-6,10H2,(H,26,27). The van der Waals surface area contributed by atoms with Crippen LogP contribution in [0.3, 0.4) is 0 Å². The maximum absolute atomic E-state index is 14.4. The highest BCUT2D eigenvalue weighted by molar-refractivity contribution is 7.89. The van der Waals surface area contributed by atoms with Crippen LogP contribution in [0.1, 0.15) is 28.8 Å². The minimum Gasteiger partial charge on any atom is -0.478 e. The molecule has 2 aliphatic rings. The lowest BCUT2D eigenvalue weighted by Gasteiger charge is -2.39. The third kappa shape index (κ3) is 4.03. The predicted octanol–water partition coefficient (Wildman–Crippen LogP) is 4.14. The number of carboxylic acid groups (broad SMARTS) is 1. The van der Waals surface area contributed by atoms with Gasteiger partial charge in [-0.25, -0.2) is 22.4 Å². The molecule has 170 valence electrons. The number of piperidine rings is 1. The highest BCUT2D eigenvalue weighted by Crippen LogP contribution is 2.35. The molecule has 12 heteroatoms. The molecule has 1 fully saturated rings. The van der Waals surface area contributed by atoms with E-state index < -0.39 is 43.4 Å². The molecular weight excluding hydrogens is 486 g/mol. The Labute approximate surface area is 193 Å². The quantitative estimate of drug-likeness (QED) is 0.673. The number of nitrogens with zero attached hydrogens (tertiary/aromatic N) is 2. The fourth-order valence-corrected chi connectivity index (χ4v) is 5.90. The van der Waals surface area contributed by atoms with Crippen LogP contribution in [0.4, 0.5) is 14.9 Å². The van der Waals surface area contributed by atoms with Gasteiger partial charge in [-0.1, -0.05) is 23.2 Å². The molecular formula is C20H17Cl2FN2O6S. The number of hydrogen-bond acceptors (Lipinski definition) is 5. The fraction of sp³-hybridized carbons (Fsp3) is 0.300. The summed E-state index contributed by atoms with van der Waals surface area (Å²) < 4.78 is 46.7. The number of carbonyl (C=O) groups excluding carboxylic acids is 1. The number of sulfonamides is 1. The highest BCUT2D eigenvalue weighted by Gasteiger charge is 2.38. The number of fused-ring (bicyclic) bond motifs is 1. The number of carbonyl (C=O) groups is 2. The molecule has 0 bridgehead atoms. The number of carboxylic acids is 1. The van der Waals surface area contributed by atoms with Crippen LogP contribution in [-0.2, 0) is 21.4 Å². The van der Waals surface area contributed by atoms with Gasteiger partial charge in [-0.2, -0.15) is 4.31 Å². The van der Waals surface area contributed by atoms with Crippen molar-refractivity contribution in [2.75, 3.05) is 18.0 Å². The van der Waals surface area contributed by atoms with Crippen LogP contribution >= 0.6 is 23.2 Å². The molecule has 1 saturated heterocycles. The number of rotatable bonds is 4. The maximum Gasteiger partial charge on any atom is 0.414 e. The van der Waals surface area contributed by atoms with E-state index in [-0.39, 0.29) is 38.6 Å². The third-order valence-electron chi connectivity index (χ3n) is 5.51. The number of halogens is 3. The zero-order valence-electron chi connectivity index (χ0n) is 16.4. The van der Waals surface area contributed by atoms with Crippen molar-refractivity contribution < 1.29 is 32.2 Å². The summed E-state index contributed by atoms with van der Waals surface area (Å²) in [5.41, 5.74) is 0.895. The first-order valence-electron chi connectivity index (χ1n) is 9.56. The summed E-state index contributed by atoms with van der Waals surface area (Å²) in [4.78, 5) is 24.5. The summed E-state index contributed by atoms with van der Waals surface area (Å²) in [5, 5.41) is 9.30. The lowest BCUT2D eigenvalue weighted by atomic mass is 10.0. The summed E-state index contributed by atoms with van der Waals surface area (Å²) >= 11 is 11.7. The minimum absolute atomic E-state index is 0.00414. The van der Waals surface area contributed by atoms with Crippen molar-refractivity contribution in [2.45, 2.75) is 30.4 Å². The van der Waals surface area contributed by atoms with E-state index in [0.717, 1.165) is 15.9 Å². The van der Waals surface area contributed by atoms with Crippen LogP contribution in [0.2, 0.25) is 10.0 Å². The minimum atomic E-state index is -4.32. The Morgan fingerprint density at radius 1 is 1.16 bits per heavy atom. The molecule has 32 heavy (non-hydrogen) atoms. The molecule has 0 spiro atoms. The number of amides is 1. The van der Waals surface area contributed by atoms with Crippen molar-refractivity contribution in [3.8, 4) is 0 Å². The van der Waals surface area contributed by atoms with E-state index in [9.17, 15) is 27.5 Å². The van der Waals surface area contributed by atoms with Gasteiger partial charge in [0.2, 0.25) is 10.0 Å². The average molecular weight is 503 g/mol. The molecule has 4 rings (SSSR count). The lowest BCUT2D eigenvalue weighted by Crippen LogP contribution is -2.50. The first kappa shape index (κ1) is 22.8. The van der Waals surface area contributed by atoms with Crippen LogP contribution in [0.15, 0.2) is 35.2 Å². The monoisotopic (exact) mass is 502 g/mol. The molecule has 2 aromatic rings. The molecule has 2 aliphatic heterocycles. The first-order chi connectivity index (χ1) is 15.1. The van der Waals surface area contributed by atoms with E-state index in [4.69, 9.17) is 27.9 Å². The lowest BCUT2D eigenvalue weighted by molar-refractivity contribution is 0.0696. The summed E-state index contributed by atoms with van der Waals surface area (Å²) in [7, 11) is -4.32. The summed E-state index contributed by atoms with van der Waals surface area (Å²) in [6.07, 6.45) is 0.0189. The van der Waals surface area contributed by atoms with Crippen molar-refractivity contribution in [2.24, 2.45) is 0 Å². The largest absolute Gasteiger partial charge is 0.478 e. The van der Waals surface area contributed by atoms with Crippen LogP contribution < -0.4 is 4.90 Å². The topological polar surface area (TPSA) is 104 Å². The van der Waals surface area contributed by atoms with Gasteiger partial charge in [-0.3, -0.25) is 4.90 Å². The van der Waals surface area contributed by atoms with Crippen molar-refractivity contribution in [1.82, 2.24) is 4.31 Å². The maximum atomic E-state index is 14.4. The molecule has 8 nitrogen and oxygen atoms in total. The van der Waals surface area contributed by atoms with Gasteiger partial charge in [0, 0.05) is 29.7 Å². The number of anilines is 1. The number of aromatic carboxylic acids is 1. The second-order valence-electron chi connectivity index (χ2n) is 7.40. The van der Waals surface area contributed by atoms with Gasteiger partial charge < -0.3 is 9.84 Å². The number of benzene rings is 2. The van der Waals surface area contributed by atoms with E-state index in [2.05, 4.69) is 0 Å². The number of ether oxygens (including phenoxy) is 1. The Hall–Kier alpha value is -2.40. The molecule has 0 atom stereocenters. The molecule has 0 aromatic heterocycles. The average Bonchev–Trinajstić information content (AvgIpc) is 2.73. The van der Waals surface area contributed by atoms with Crippen molar-refractivity contribution in [3.05, 3.63) is 57.3 Å². The van der Waals surface area contributed by atoms with Crippen molar-refractivity contribution in [1.29, 1.82) is 0 Å². The summed E-state index contributed by atoms with van der Waals surface area (Å²) in [6, 6.07) is 6.16. The van der Waals surface area contributed by atoms with Crippen LogP contribution in [0.25, 0.3) is 0 Å². The van der Waals surface area contributed by atoms with Gasteiger partial charge in [-0.15, -0.1) is 0 Å². The van der Waals surface area contributed by atoms with E-state index in [0.29, 0.717) is 16.8 Å². The summed E-state index contributed by atoms with van der Waals surface area (Å²) in [6.45, 7) is 0.106. The van der Waals surface area contributed by atoms with Crippen molar-refractivity contribution in [3.63, 3.8) is 0 Å². The Kier molecular flexibility index (Phi) is 6.06. The van der Waals surface area contributed by atoms with E-state index in [1.54, 1.807) is 18.2 Å². The van der Waals surface area contributed by atoms with E-state index >= 15 is 0 Å². The molecule has 0 saturated carbocycles. The molecule has 0 unspecified atom stereocenters. The smallest absolute Gasteiger partial charge is 0.414 e. The fourth-order valence-electron chi connectivity index (χ4n) is 3.93. The zero-order valence-corrected chi connectivity index (χ0v) is 18.8. The first-order valence-corrected chi connectivity index (χ1v) is 11.8. The highest BCUT2D eigenvalue weighted by atomic mass is 35.5. The second kappa shape index (κ2) is 8.51. The molecule has 0 radical (unpaired) electrons. The van der Waals surface area contributed by atoms with Crippen molar-refractivity contribution >= 4 is 51.0 Å². The number of hydrogen-bond donors (Lipinski definition) is 1. The van der Waals surface area contributed by atoms with Gasteiger partial charge in [0.1, 0.15) is 17.3 Å². The van der Waals surface area contributed by atoms with Gasteiger partial charge >= 0.3 is 12.1 Å². The molecule has 2 heterocycles. The van der Waals surface area contributed by atoms with Gasteiger partial charge in [-0.05, 0) is 43.2 Å². The van der Waals surface area contributed by atoms with Crippen LogP contribution in [0.5, 0.6) is 0 Å². The van der Waals surface area contributed by atoms with Gasteiger partial charge in [0.05, 0.1) is 16.3 Å². The second-order valence-corrected chi connectivity index (χ2v) is 10.2. The number of cyclic esters (lactones) is 1. The third-order valence-corrected chi connectivity index (χ3v) is 7.97. The molecule has 1 amide bonds. The van der Waals surface area contributed by atoms with Crippen LogP contribution in [0, 0.1) is 5.82 Å². The Bertz CT molecular complexity index is 1210. The predicted molar refractivity (Wildman–Crippen MR) is 114 cm³/mol. The van der Waals surface area contributed by atoms with Gasteiger partial charge in [0.25, 0.3) is 0 Å². The SMILES string of the molecule is O=C(O)c1cc(S(=O)(=O)N2CCC(N3C(=O)OCc4cc(Cl)ccc43)CC2)c(F)cc1Cl. The Morgan fingerprint density at radius 2 is 1.84 bits per heavy atom. The van der Waals surface area contributed by atoms with E-state index in [1.165, 1.54) is 4.90 Å². The summed E-state index contributed by atoms with van der Waals surface area (Å²) in [5.74, 6) is -2.60. The molecule has 0 aliphatic carbocycles. The Morgan fingerprint density at radius 3 is 2.50 bits per heavy atom. The normalized spacial score (nSPS) is 17.7.